The summed E-state index contributed by atoms with van der Waals surface area (Å²) in [6.07, 6.45) is 8.64. The zero-order valence-electron chi connectivity index (χ0n) is 12.0. The molecule has 0 aromatic rings. The van der Waals surface area contributed by atoms with Crippen LogP contribution in [-0.2, 0) is 4.74 Å². The van der Waals surface area contributed by atoms with Gasteiger partial charge in [0.25, 0.3) is 0 Å². The van der Waals surface area contributed by atoms with Gasteiger partial charge < -0.3 is 9.84 Å². The van der Waals surface area contributed by atoms with Crippen molar-refractivity contribution in [1.82, 2.24) is 4.90 Å². The first kappa shape index (κ1) is 14.3. The van der Waals surface area contributed by atoms with Gasteiger partial charge in [-0.2, -0.15) is 0 Å². The molecule has 2 fully saturated rings. The van der Waals surface area contributed by atoms with Crippen LogP contribution < -0.4 is 0 Å². The minimum atomic E-state index is -0.319. The molecule has 106 valence electrons. The van der Waals surface area contributed by atoms with E-state index in [9.17, 15) is 5.11 Å². The van der Waals surface area contributed by atoms with Gasteiger partial charge in [-0.25, -0.2) is 0 Å². The van der Waals surface area contributed by atoms with Crippen molar-refractivity contribution < 1.29 is 9.84 Å². The molecular formula is C15H29NO2. The zero-order valence-corrected chi connectivity index (χ0v) is 12.0. The van der Waals surface area contributed by atoms with E-state index in [1.54, 1.807) is 0 Å². The van der Waals surface area contributed by atoms with E-state index >= 15 is 0 Å². The number of rotatable bonds is 5. The molecule has 2 rings (SSSR count). The fourth-order valence-corrected chi connectivity index (χ4v) is 3.63. The van der Waals surface area contributed by atoms with Crippen molar-refractivity contribution in [2.45, 2.75) is 76.5 Å². The first-order valence-electron chi connectivity index (χ1n) is 7.70. The average molecular weight is 255 g/mol. The molecule has 0 aromatic heterocycles. The number of ether oxygens (including phenoxy) is 1. The van der Waals surface area contributed by atoms with Crippen LogP contribution in [0.2, 0.25) is 0 Å². The predicted octanol–water partition coefficient (Wildman–Crippen LogP) is 2.57. The Balaban J connectivity index is 2.00. The van der Waals surface area contributed by atoms with E-state index in [4.69, 9.17) is 4.74 Å². The fraction of sp³-hybridized carbons (Fsp3) is 1.00. The molecule has 0 aromatic carbocycles. The van der Waals surface area contributed by atoms with E-state index in [1.807, 2.05) is 13.8 Å². The fourth-order valence-electron chi connectivity index (χ4n) is 3.63. The Hall–Kier alpha value is -0.120. The van der Waals surface area contributed by atoms with Crippen molar-refractivity contribution in [2.24, 2.45) is 0 Å². The van der Waals surface area contributed by atoms with Gasteiger partial charge in [-0.3, -0.25) is 4.90 Å². The monoisotopic (exact) mass is 255 g/mol. The number of likely N-dealkylation sites (tertiary alicyclic amines) is 1. The lowest BCUT2D eigenvalue weighted by Gasteiger charge is -2.46. The topological polar surface area (TPSA) is 32.7 Å². The quantitative estimate of drug-likeness (QED) is 0.819. The van der Waals surface area contributed by atoms with Gasteiger partial charge in [-0.15, -0.1) is 0 Å². The van der Waals surface area contributed by atoms with Gasteiger partial charge in [0.05, 0.1) is 18.8 Å². The molecule has 3 heteroatoms. The summed E-state index contributed by atoms with van der Waals surface area (Å²) in [5.41, 5.74) is 0.0231. The number of aliphatic hydroxyl groups is 1. The molecule has 1 saturated carbocycles. The van der Waals surface area contributed by atoms with Crippen LogP contribution in [0.5, 0.6) is 0 Å². The molecule has 1 aliphatic heterocycles. The molecule has 1 N–H and O–H groups in total. The van der Waals surface area contributed by atoms with Crippen molar-refractivity contribution in [3.8, 4) is 0 Å². The Morgan fingerprint density at radius 3 is 2.22 bits per heavy atom. The van der Waals surface area contributed by atoms with Crippen LogP contribution in [0.25, 0.3) is 0 Å². The minimum Gasteiger partial charge on any atom is -0.389 e. The van der Waals surface area contributed by atoms with Gasteiger partial charge in [0.1, 0.15) is 0 Å². The number of piperidine rings is 1. The van der Waals surface area contributed by atoms with Crippen molar-refractivity contribution in [3.63, 3.8) is 0 Å². The number of hydrogen-bond acceptors (Lipinski definition) is 3. The van der Waals surface area contributed by atoms with Crippen molar-refractivity contribution in [3.05, 3.63) is 0 Å². The second-order valence-corrected chi connectivity index (χ2v) is 6.26. The normalized spacial score (nSPS) is 26.7. The summed E-state index contributed by atoms with van der Waals surface area (Å²) >= 11 is 0. The van der Waals surface area contributed by atoms with Gasteiger partial charge in [0.2, 0.25) is 0 Å². The lowest BCUT2D eigenvalue weighted by atomic mass is 9.86. The van der Waals surface area contributed by atoms with Crippen LogP contribution in [0.3, 0.4) is 0 Å². The molecule has 0 amide bonds. The van der Waals surface area contributed by atoms with E-state index in [0.717, 1.165) is 12.8 Å². The number of nitrogens with zero attached hydrogens (tertiary/aromatic N) is 1. The average Bonchev–Trinajstić information content (AvgIpc) is 2.87. The summed E-state index contributed by atoms with van der Waals surface area (Å²) in [4.78, 5) is 2.57. The second kappa shape index (κ2) is 6.36. The number of aliphatic hydroxyl groups excluding tert-OH is 1. The summed E-state index contributed by atoms with van der Waals surface area (Å²) in [5, 5.41) is 10.6. The van der Waals surface area contributed by atoms with Gasteiger partial charge in [-0.1, -0.05) is 19.3 Å². The highest BCUT2D eigenvalue weighted by molar-refractivity contribution is 5.01. The standard InChI is InChI=1S/C15H29NO2/c1-13(2)18-12-14(17)15(8-4-5-9-15)16-10-6-3-7-11-16/h13-14,17H,3-12H2,1-2H3. The Kier molecular flexibility index (Phi) is 5.05. The first-order chi connectivity index (χ1) is 8.65. The van der Waals surface area contributed by atoms with Gasteiger partial charge in [-0.05, 0) is 52.6 Å². The van der Waals surface area contributed by atoms with Gasteiger partial charge in [0, 0.05) is 5.54 Å². The van der Waals surface area contributed by atoms with Crippen LogP contribution in [0, 0.1) is 0 Å². The largest absolute Gasteiger partial charge is 0.389 e. The highest BCUT2D eigenvalue weighted by atomic mass is 16.5. The van der Waals surface area contributed by atoms with E-state index in [1.165, 1.54) is 45.2 Å². The Bertz CT molecular complexity index is 243. The van der Waals surface area contributed by atoms with Crippen molar-refractivity contribution >= 4 is 0 Å². The SMILES string of the molecule is CC(C)OCC(O)C1(N2CCCCC2)CCCC1. The summed E-state index contributed by atoms with van der Waals surface area (Å²) in [6.45, 7) is 6.90. The predicted molar refractivity (Wildman–Crippen MR) is 73.7 cm³/mol. The second-order valence-electron chi connectivity index (χ2n) is 6.26. The van der Waals surface area contributed by atoms with E-state index in [-0.39, 0.29) is 17.7 Å². The Morgan fingerprint density at radius 2 is 1.67 bits per heavy atom. The van der Waals surface area contributed by atoms with E-state index < -0.39 is 0 Å². The van der Waals surface area contributed by atoms with E-state index in [2.05, 4.69) is 4.90 Å². The molecule has 0 bridgehead atoms. The zero-order chi connectivity index (χ0) is 13.0. The summed E-state index contributed by atoms with van der Waals surface area (Å²) in [5.74, 6) is 0. The Morgan fingerprint density at radius 1 is 1.06 bits per heavy atom. The molecule has 0 radical (unpaired) electrons. The third kappa shape index (κ3) is 3.06. The van der Waals surface area contributed by atoms with Crippen LogP contribution in [0.15, 0.2) is 0 Å². The number of hydrogen-bond donors (Lipinski definition) is 1. The molecule has 3 nitrogen and oxygen atoms in total. The maximum Gasteiger partial charge on any atom is 0.0956 e. The molecule has 1 heterocycles. The maximum atomic E-state index is 10.6. The molecule has 1 aliphatic carbocycles. The third-order valence-electron chi connectivity index (χ3n) is 4.66. The van der Waals surface area contributed by atoms with Crippen molar-refractivity contribution in [1.29, 1.82) is 0 Å². The highest BCUT2D eigenvalue weighted by Crippen LogP contribution is 2.39. The lowest BCUT2D eigenvalue weighted by Crippen LogP contribution is -2.58. The third-order valence-corrected chi connectivity index (χ3v) is 4.66. The van der Waals surface area contributed by atoms with Crippen molar-refractivity contribution in [2.75, 3.05) is 19.7 Å². The summed E-state index contributed by atoms with van der Waals surface area (Å²) in [7, 11) is 0. The smallest absolute Gasteiger partial charge is 0.0956 e. The molecule has 1 atom stereocenters. The van der Waals surface area contributed by atoms with Crippen LogP contribution in [-0.4, -0.2) is 47.4 Å². The van der Waals surface area contributed by atoms with Gasteiger partial charge >= 0.3 is 0 Å². The van der Waals surface area contributed by atoms with Crippen LogP contribution >= 0.6 is 0 Å². The molecule has 1 unspecified atom stereocenters. The molecule has 2 aliphatic rings. The van der Waals surface area contributed by atoms with Crippen LogP contribution in [0.1, 0.15) is 58.8 Å². The van der Waals surface area contributed by atoms with Crippen LogP contribution in [0.4, 0.5) is 0 Å². The summed E-state index contributed by atoms with van der Waals surface area (Å²) in [6, 6.07) is 0. The van der Waals surface area contributed by atoms with Gasteiger partial charge in [0.15, 0.2) is 0 Å². The minimum absolute atomic E-state index is 0.0231. The lowest BCUT2D eigenvalue weighted by molar-refractivity contribution is -0.0865. The molecular weight excluding hydrogens is 226 g/mol. The molecule has 1 saturated heterocycles. The first-order valence-corrected chi connectivity index (χ1v) is 7.70. The maximum absolute atomic E-state index is 10.6. The summed E-state index contributed by atoms with van der Waals surface area (Å²) < 4.78 is 5.66. The highest BCUT2D eigenvalue weighted by Gasteiger charge is 2.45. The molecule has 18 heavy (non-hydrogen) atoms. The Labute approximate surface area is 112 Å². The van der Waals surface area contributed by atoms with E-state index in [0.29, 0.717) is 6.61 Å². The molecule has 0 spiro atoms.